The Balaban J connectivity index is 0.000000256. The minimum Gasteiger partial charge on any atom is -0.467 e. The second-order valence-electron chi connectivity index (χ2n) is 12.2. The second kappa shape index (κ2) is 17.4. The van der Waals surface area contributed by atoms with E-state index < -0.39 is 40.6 Å². The van der Waals surface area contributed by atoms with E-state index in [1.807, 2.05) is 18.7 Å². The number of benzene rings is 2. The van der Waals surface area contributed by atoms with Gasteiger partial charge in [0.25, 0.3) is 0 Å². The summed E-state index contributed by atoms with van der Waals surface area (Å²) >= 11 is 0.698. The van der Waals surface area contributed by atoms with Crippen LogP contribution >= 0.6 is 11.3 Å². The third-order valence-electron chi connectivity index (χ3n) is 8.95. The number of hydrogen-bond acceptors (Lipinski definition) is 9. The molecule has 9 nitrogen and oxygen atoms in total. The molecule has 0 saturated carbocycles. The topological polar surface area (TPSA) is 120 Å². The molecule has 5 heterocycles. The first-order valence-corrected chi connectivity index (χ1v) is 18.0. The van der Waals surface area contributed by atoms with Crippen molar-refractivity contribution >= 4 is 49.1 Å². The quantitative estimate of drug-likeness (QED) is 0.199. The van der Waals surface area contributed by atoms with Crippen LogP contribution in [0.2, 0.25) is 0 Å². The number of halogens is 6. The lowest BCUT2D eigenvalue weighted by molar-refractivity contribution is -0.137. The fraction of sp³-hybridized carbons (Fsp3) is 0.500. The number of carbonyl (C=O) groups excluding carboxylic acids is 1. The molecule has 3 aliphatic rings. The standard InChI is InChI=1S/C21H14F5N5OS.C7H12FN.C6H11NO.C2H6/c1-3-29-19-9-6-11(21(24,25)26)14(15(23)16(9)30-20(31-19)32-2)8-4-5-12(22)17-13(8)10(7-27)18(28)33-17;8-6-4-7-2-1-3-9(7)5-6;1-6(8)7-4-2-3-5-7;1-2/h4-6H,3,28H2,1-2H3,(H,29,30,31);6-7H,1-5H2;2-5H2,1H3;1-2H3. The number of hydrogen-bond donors (Lipinski definition) is 2. The van der Waals surface area contributed by atoms with Gasteiger partial charge in [-0.05, 0) is 63.3 Å². The average molecular weight is 752 g/mol. The van der Waals surface area contributed by atoms with E-state index in [1.165, 1.54) is 32.8 Å². The Kier molecular flexibility index (Phi) is 13.6. The molecule has 52 heavy (non-hydrogen) atoms. The first-order chi connectivity index (χ1) is 24.8. The zero-order chi connectivity index (χ0) is 38.3. The molecular formula is C36H43F6N7O2S. The largest absolute Gasteiger partial charge is 0.467 e. The van der Waals surface area contributed by atoms with Crippen molar-refractivity contribution in [3.05, 3.63) is 41.0 Å². The third kappa shape index (κ3) is 8.63. The normalized spacial score (nSPS) is 18.1. The number of anilines is 2. The molecule has 2 atom stereocenters. The lowest BCUT2D eigenvalue weighted by Crippen LogP contribution is -2.24. The average Bonchev–Trinajstić information content (AvgIpc) is 3.92. The van der Waals surface area contributed by atoms with Crippen LogP contribution in [0.25, 0.3) is 32.1 Å². The molecule has 0 bridgehead atoms. The van der Waals surface area contributed by atoms with Gasteiger partial charge in [-0.1, -0.05) is 19.9 Å². The maximum Gasteiger partial charge on any atom is 0.417 e. The number of nitrogens with two attached hydrogens (primary N) is 1. The van der Waals surface area contributed by atoms with Crippen LogP contribution in [0.4, 0.5) is 37.2 Å². The number of likely N-dealkylation sites (tertiary alicyclic amines) is 1. The highest BCUT2D eigenvalue weighted by atomic mass is 32.1. The molecule has 0 spiro atoms. The van der Waals surface area contributed by atoms with E-state index in [9.17, 15) is 32.0 Å². The fourth-order valence-corrected chi connectivity index (χ4v) is 7.60. The molecule has 0 radical (unpaired) electrons. The van der Waals surface area contributed by atoms with Crippen molar-refractivity contribution in [3.63, 3.8) is 0 Å². The van der Waals surface area contributed by atoms with Gasteiger partial charge in [0.1, 0.15) is 34.4 Å². The van der Waals surface area contributed by atoms with Crippen LogP contribution in [-0.4, -0.2) is 77.7 Å². The number of nitrogen functional groups attached to an aromatic ring is 1. The van der Waals surface area contributed by atoms with Crippen molar-refractivity contribution in [1.82, 2.24) is 19.8 Å². The monoisotopic (exact) mass is 751 g/mol. The molecule has 2 unspecified atom stereocenters. The number of nitriles is 1. The van der Waals surface area contributed by atoms with E-state index in [-0.39, 0.29) is 55.9 Å². The van der Waals surface area contributed by atoms with E-state index in [0.29, 0.717) is 23.9 Å². The molecule has 0 aliphatic carbocycles. The summed E-state index contributed by atoms with van der Waals surface area (Å²) in [7, 11) is 1.23. The Morgan fingerprint density at radius 2 is 1.85 bits per heavy atom. The summed E-state index contributed by atoms with van der Waals surface area (Å²) in [4.78, 5) is 22.6. The molecular weight excluding hydrogens is 708 g/mol. The number of carbonyl (C=O) groups is 1. The lowest BCUT2D eigenvalue weighted by atomic mass is 9.92. The number of methoxy groups -OCH3 is 1. The summed E-state index contributed by atoms with van der Waals surface area (Å²) in [5.41, 5.74) is 2.59. The predicted molar refractivity (Wildman–Crippen MR) is 192 cm³/mol. The first-order valence-electron chi connectivity index (χ1n) is 17.2. The predicted octanol–water partition coefficient (Wildman–Crippen LogP) is 8.55. The molecule has 4 aromatic rings. The van der Waals surface area contributed by atoms with Crippen LogP contribution < -0.4 is 15.8 Å². The zero-order valence-electron chi connectivity index (χ0n) is 29.8. The van der Waals surface area contributed by atoms with Crippen LogP contribution in [-0.2, 0) is 11.0 Å². The molecule has 3 aliphatic heterocycles. The number of ether oxygens (including phenoxy) is 1. The van der Waals surface area contributed by atoms with Gasteiger partial charge in [0.15, 0.2) is 5.82 Å². The molecule has 3 fully saturated rings. The van der Waals surface area contributed by atoms with Gasteiger partial charge in [0, 0.05) is 55.5 Å². The van der Waals surface area contributed by atoms with E-state index in [2.05, 4.69) is 20.2 Å². The lowest BCUT2D eigenvalue weighted by Gasteiger charge is -2.18. The summed E-state index contributed by atoms with van der Waals surface area (Å²) in [6.07, 6.45) is 0.204. The Bertz CT molecular complexity index is 1910. The van der Waals surface area contributed by atoms with E-state index in [1.54, 1.807) is 19.9 Å². The van der Waals surface area contributed by atoms with Gasteiger partial charge >= 0.3 is 12.2 Å². The van der Waals surface area contributed by atoms with Crippen molar-refractivity contribution in [2.75, 3.05) is 50.9 Å². The molecule has 1 amide bonds. The van der Waals surface area contributed by atoms with Crippen LogP contribution in [0.3, 0.4) is 0 Å². The number of aromatic nitrogens is 2. The van der Waals surface area contributed by atoms with Gasteiger partial charge < -0.3 is 20.7 Å². The molecule has 7 rings (SSSR count). The summed E-state index contributed by atoms with van der Waals surface area (Å²) in [6.45, 7) is 11.4. The summed E-state index contributed by atoms with van der Waals surface area (Å²) in [5, 5.41) is 11.8. The highest BCUT2D eigenvalue weighted by Gasteiger charge is 2.38. The van der Waals surface area contributed by atoms with Gasteiger partial charge in [0.05, 0.1) is 22.9 Å². The Hall–Kier alpha value is -4.36. The number of nitrogens with one attached hydrogen (secondary N) is 1. The highest BCUT2D eigenvalue weighted by Crippen LogP contribution is 2.47. The number of rotatable bonds is 4. The Labute approximate surface area is 302 Å². The summed E-state index contributed by atoms with van der Waals surface area (Å²) in [5.74, 6) is -1.93. The molecule has 16 heteroatoms. The number of nitrogens with zero attached hydrogens (tertiary/aromatic N) is 5. The van der Waals surface area contributed by atoms with Crippen molar-refractivity contribution in [2.24, 2.45) is 0 Å². The second-order valence-corrected chi connectivity index (χ2v) is 13.2. The van der Waals surface area contributed by atoms with E-state index in [0.717, 1.165) is 44.3 Å². The minimum atomic E-state index is -5.00. The number of fused-ring (bicyclic) bond motifs is 3. The smallest absolute Gasteiger partial charge is 0.417 e. The van der Waals surface area contributed by atoms with Crippen LogP contribution in [0.15, 0.2) is 18.2 Å². The number of alkyl halides is 4. The van der Waals surface area contributed by atoms with Crippen molar-refractivity contribution in [3.8, 4) is 23.2 Å². The number of amides is 1. The SMILES string of the molecule is CC.CC(=O)N1CCCC1.CCNc1nc(OC)nc2c(F)c(-c3ccc(F)c4sc(N)c(C#N)c34)c(C(F)(F)F)cc12.FC1CC2CCCN2C1. The van der Waals surface area contributed by atoms with Crippen LogP contribution in [0.1, 0.15) is 70.9 Å². The maximum atomic E-state index is 15.9. The van der Waals surface area contributed by atoms with Crippen molar-refractivity contribution in [1.29, 1.82) is 5.26 Å². The first kappa shape index (κ1) is 40.4. The Morgan fingerprint density at radius 3 is 2.40 bits per heavy atom. The molecule has 3 saturated heterocycles. The van der Waals surface area contributed by atoms with Crippen molar-refractivity contribution < 1.29 is 35.9 Å². The Morgan fingerprint density at radius 1 is 1.15 bits per heavy atom. The number of thiophene rings is 1. The van der Waals surface area contributed by atoms with Gasteiger partial charge in [-0.15, -0.1) is 11.3 Å². The molecule has 282 valence electrons. The van der Waals surface area contributed by atoms with Crippen molar-refractivity contribution in [2.45, 2.75) is 78.2 Å². The highest BCUT2D eigenvalue weighted by molar-refractivity contribution is 7.23. The van der Waals surface area contributed by atoms with Gasteiger partial charge in [-0.3, -0.25) is 9.69 Å². The molecule has 2 aromatic heterocycles. The fourth-order valence-electron chi connectivity index (χ4n) is 6.65. The minimum absolute atomic E-state index is 0.0444. The molecule has 2 aromatic carbocycles. The zero-order valence-corrected chi connectivity index (χ0v) is 30.6. The van der Waals surface area contributed by atoms with Crippen LogP contribution in [0, 0.1) is 23.0 Å². The molecule has 3 N–H and O–H groups in total. The third-order valence-corrected chi connectivity index (χ3v) is 9.98. The van der Waals surface area contributed by atoms with Crippen LogP contribution in [0.5, 0.6) is 6.01 Å². The van der Waals surface area contributed by atoms with E-state index in [4.69, 9.17) is 10.5 Å². The van der Waals surface area contributed by atoms with E-state index >= 15 is 4.39 Å². The van der Waals surface area contributed by atoms with Gasteiger partial charge in [-0.2, -0.15) is 28.4 Å². The summed E-state index contributed by atoms with van der Waals surface area (Å²) < 4.78 is 90.2. The maximum absolute atomic E-state index is 15.9. The summed E-state index contributed by atoms with van der Waals surface area (Å²) in [6, 6.07) is 4.75. The van der Waals surface area contributed by atoms with Gasteiger partial charge in [-0.25, -0.2) is 13.2 Å². The van der Waals surface area contributed by atoms with Gasteiger partial charge in [0.2, 0.25) is 5.91 Å².